The predicted octanol–water partition coefficient (Wildman–Crippen LogP) is 1.89. The molecule has 0 aliphatic heterocycles. The fourth-order valence-electron chi connectivity index (χ4n) is 2.32. The quantitative estimate of drug-likeness (QED) is 0.790. The summed E-state index contributed by atoms with van der Waals surface area (Å²) in [5, 5.41) is 11.9. The summed E-state index contributed by atoms with van der Waals surface area (Å²) in [6.07, 6.45) is 2.14. The lowest BCUT2D eigenvalue weighted by Crippen LogP contribution is -2.42. The fourth-order valence-corrected chi connectivity index (χ4v) is 2.32. The Kier molecular flexibility index (Phi) is 4.54. The molecule has 17 heavy (non-hydrogen) atoms. The highest BCUT2D eigenvalue weighted by atomic mass is 16.4. The molecule has 0 aromatic carbocycles. The van der Waals surface area contributed by atoms with E-state index in [2.05, 4.69) is 19.2 Å². The van der Waals surface area contributed by atoms with Gasteiger partial charge in [0, 0.05) is 12.0 Å². The van der Waals surface area contributed by atoms with E-state index in [0.717, 1.165) is 12.8 Å². The molecule has 1 aliphatic carbocycles. The van der Waals surface area contributed by atoms with Crippen molar-refractivity contribution in [2.75, 3.05) is 0 Å². The van der Waals surface area contributed by atoms with Crippen LogP contribution >= 0.6 is 0 Å². The second-order valence-electron chi connectivity index (χ2n) is 5.44. The summed E-state index contributed by atoms with van der Waals surface area (Å²) >= 11 is 0. The van der Waals surface area contributed by atoms with Gasteiger partial charge in [-0.25, -0.2) is 0 Å². The normalized spacial score (nSPS) is 31.9. The van der Waals surface area contributed by atoms with E-state index in [4.69, 9.17) is 5.11 Å². The smallest absolute Gasteiger partial charge is 0.307 e. The molecule has 1 saturated carbocycles. The summed E-state index contributed by atoms with van der Waals surface area (Å²) in [4.78, 5) is 22.7. The van der Waals surface area contributed by atoms with E-state index in [1.807, 2.05) is 0 Å². The van der Waals surface area contributed by atoms with Crippen LogP contribution in [-0.2, 0) is 9.59 Å². The van der Waals surface area contributed by atoms with Crippen LogP contribution in [0, 0.1) is 23.7 Å². The first-order valence-electron chi connectivity index (χ1n) is 6.37. The Morgan fingerprint density at radius 1 is 1.18 bits per heavy atom. The van der Waals surface area contributed by atoms with Gasteiger partial charge in [-0.15, -0.1) is 0 Å². The third kappa shape index (κ3) is 3.20. The van der Waals surface area contributed by atoms with E-state index in [9.17, 15) is 9.59 Å². The molecule has 0 aromatic heterocycles. The lowest BCUT2D eigenvalue weighted by Gasteiger charge is -2.23. The minimum atomic E-state index is -0.916. The molecule has 0 bridgehead atoms. The Morgan fingerprint density at radius 3 is 2.18 bits per heavy atom. The maximum Gasteiger partial charge on any atom is 0.307 e. The van der Waals surface area contributed by atoms with Gasteiger partial charge in [0.15, 0.2) is 0 Å². The predicted molar refractivity (Wildman–Crippen MR) is 65.5 cm³/mol. The Hall–Kier alpha value is -1.06. The summed E-state index contributed by atoms with van der Waals surface area (Å²) in [7, 11) is 0. The minimum absolute atomic E-state index is 0.133. The van der Waals surface area contributed by atoms with E-state index in [-0.39, 0.29) is 11.9 Å². The average molecular weight is 241 g/mol. The second-order valence-corrected chi connectivity index (χ2v) is 5.44. The molecule has 5 atom stereocenters. The van der Waals surface area contributed by atoms with Crippen LogP contribution in [0.4, 0.5) is 0 Å². The number of rotatable bonds is 4. The van der Waals surface area contributed by atoms with E-state index in [0.29, 0.717) is 11.8 Å². The van der Waals surface area contributed by atoms with Crippen molar-refractivity contribution in [2.45, 2.75) is 46.6 Å². The molecule has 1 rings (SSSR count). The van der Waals surface area contributed by atoms with Crippen LogP contribution in [-0.4, -0.2) is 23.0 Å². The number of aliphatic carboxylic acids is 1. The van der Waals surface area contributed by atoms with Crippen molar-refractivity contribution >= 4 is 11.9 Å². The Morgan fingerprint density at radius 2 is 1.76 bits per heavy atom. The van der Waals surface area contributed by atoms with Crippen molar-refractivity contribution < 1.29 is 14.7 Å². The van der Waals surface area contributed by atoms with Gasteiger partial charge in [-0.05, 0) is 24.7 Å². The summed E-state index contributed by atoms with van der Waals surface area (Å²) in [6.45, 7) is 7.60. The van der Waals surface area contributed by atoms with Gasteiger partial charge >= 0.3 is 5.97 Å². The second kappa shape index (κ2) is 5.52. The molecule has 98 valence electrons. The summed E-state index contributed by atoms with van der Waals surface area (Å²) < 4.78 is 0. The van der Waals surface area contributed by atoms with E-state index >= 15 is 0 Å². The molecule has 0 aromatic rings. The zero-order valence-electron chi connectivity index (χ0n) is 11.1. The molecule has 1 fully saturated rings. The van der Waals surface area contributed by atoms with Gasteiger partial charge in [0.2, 0.25) is 5.91 Å². The van der Waals surface area contributed by atoms with Crippen LogP contribution in [0.15, 0.2) is 0 Å². The molecule has 0 radical (unpaired) electrons. The molecular weight excluding hydrogens is 218 g/mol. The zero-order valence-corrected chi connectivity index (χ0v) is 11.1. The number of carbonyl (C=O) groups is 2. The number of hydrogen-bond acceptors (Lipinski definition) is 2. The summed E-state index contributed by atoms with van der Waals surface area (Å²) in [5.41, 5.74) is 0. The molecule has 0 heterocycles. The molecule has 2 N–H and O–H groups in total. The molecule has 4 heteroatoms. The highest BCUT2D eigenvalue weighted by Crippen LogP contribution is 2.31. The Labute approximate surface area is 103 Å². The first kappa shape index (κ1) is 14.0. The van der Waals surface area contributed by atoms with Gasteiger partial charge in [-0.2, -0.15) is 0 Å². The molecular formula is C13H23NO3. The molecule has 0 spiro atoms. The van der Waals surface area contributed by atoms with Crippen molar-refractivity contribution in [1.82, 2.24) is 5.32 Å². The van der Waals surface area contributed by atoms with Crippen LogP contribution < -0.4 is 5.32 Å². The van der Waals surface area contributed by atoms with Gasteiger partial charge in [-0.3, -0.25) is 9.59 Å². The van der Waals surface area contributed by atoms with Gasteiger partial charge < -0.3 is 10.4 Å². The molecule has 1 amide bonds. The van der Waals surface area contributed by atoms with E-state index in [1.165, 1.54) is 0 Å². The number of hydrogen-bond donors (Lipinski definition) is 2. The standard InChI is InChI=1S/C13H23NO3/c1-7-5-6-11(8(7)2)14-12(15)9(3)10(4)13(16)17/h7-11H,5-6H2,1-4H3,(H,14,15)(H,16,17). The third-order valence-electron chi connectivity index (χ3n) is 4.35. The summed E-state index contributed by atoms with van der Waals surface area (Å²) in [6, 6.07) is 0.209. The number of carboxylic acid groups (broad SMARTS) is 1. The largest absolute Gasteiger partial charge is 0.481 e. The van der Waals surface area contributed by atoms with Gasteiger partial charge in [-0.1, -0.05) is 27.7 Å². The average Bonchev–Trinajstić information content (AvgIpc) is 2.58. The van der Waals surface area contributed by atoms with Crippen molar-refractivity contribution in [1.29, 1.82) is 0 Å². The van der Waals surface area contributed by atoms with Crippen LogP contribution in [0.5, 0.6) is 0 Å². The van der Waals surface area contributed by atoms with Crippen LogP contribution in [0.1, 0.15) is 40.5 Å². The van der Waals surface area contributed by atoms with Crippen LogP contribution in [0.25, 0.3) is 0 Å². The first-order chi connectivity index (χ1) is 7.84. The molecule has 4 nitrogen and oxygen atoms in total. The SMILES string of the molecule is CC1CCC(NC(=O)C(C)C(C)C(=O)O)C1C. The van der Waals surface area contributed by atoms with Gasteiger partial charge in [0.25, 0.3) is 0 Å². The lowest BCUT2D eigenvalue weighted by molar-refractivity contribution is -0.146. The number of nitrogens with one attached hydrogen (secondary N) is 1. The van der Waals surface area contributed by atoms with Crippen molar-refractivity contribution in [2.24, 2.45) is 23.7 Å². The van der Waals surface area contributed by atoms with Gasteiger partial charge in [0.1, 0.15) is 0 Å². The Balaban J connectivity index is 2.52. The van der Waals surface area contributed by atoms with Crippen molar-refractivity contribution in [3.63, 3.8) is 0 Å². The molecule has 5 unspecified atom stereocenters. The van der Waals surface area contributed by atoms with Crippen molar-refractivity contribution in [3.8, 4) is 0 Å². The lowest BCUT2D eigenvalue weighted by atomic mass is 9.93. The van der Waals surface area contributed by atoms with Crippen LogP contribution in [0.3, 0.4) is 0 Å². The monoisotopic (exact) mass is 241 g/mol. The number of carboxylic acids is 1. The number of amides is 1. The van der Waals surface area contributed by atoms with Crippen molar-refractivity contribution in [3.05, 3.63) is 0 Å². The maximum absolute atomic E-state index is 11.9. The highest BCUT2D eigenvalue weighted by Gasteiger charge is 2.33. The summed E-state index contributed by atoms with van der Waals surface area (Å²) in [5.74, 6) is -1.05. The molecule has 0 saturated heterocycles. The zero-order chi connectivity index (χ0) is 13.2. The number of carbonyl (C=O) groups excluding carboxylic acids is 1. The van der Waals surface area contributed by atoms with E-state index in [1.54, 1.807) is 13.8 Å². The molecule has 1 aliphatic rings. The van der Waals surface area contributed by atoms with Crippen LogP contribution in [0.2, 0.25) is 0 Å². The fraction of sp³-hybridized carbons (Fsp3) is 0.846. The highest BCUT2D eigenvalue weighted by molar-refractivity contribution is 5.84. The first-order valence-corrected chi connectivity index (χ1v) is 6.37. The van der Waals surface area contributed by atoms with Gasteiger partial charge in [0.05, 0.1) is 5.92 Å². The van der Waals surface area contributed by atoms with E-state index < -0.39 is 17.8 Å². The maximum atomic E-state index is 11.9. The topological polar surface area (TPSA) is 66.4 Å². The third-order valence-corrected chi connectivity index (χ3v) is 4.35. The minimum Gasteiger partial charge on any atom is -0.481 e. The Bertz CT molecular complexity index is 303.